The molecular formula is C21H24Cl2N4O4. The molecule has 1 aliphatic heterocycles. The van der Waals surface area contributed by atoms with Gasteiger partial charge in [-0.25, -0.2) is 9.59 Å². The lowest BCUT2D eigenvalue weighted by Gasteiger charge is -2.40. The van der Waals surface area contributed by atoms with Gasteiger partial charge in [-0.2, -0.15) is 0 Å². The van der Waals surface area contributed by atoms with Crippen LogP contribution in [0.5, 0.6) is 0 Å². The predicted octanol–water partition coefficient (Wildman–Crippen LogP) is 4.89. The van der Waals surface area contributed by atoms with Crippen molar-refractivity contribution in [3.63, 3.8) is 0 Å². The molecule has 0 spiro atoms. The number of esters is 1. The van der Waals surface area contributed by atoms with Crippen LogP contribution < -0.4 is 9.80 Å². The number of hydrogen-bond donors (Lipinski definition) is 0. The number of methoxy groups -OCH3 is 1. The van der Waals surface area contributed by atoms with Gasteiger partial charge in [-0.3, -0.25) is 4.90 Å². The van der Waals surface area contributed by atoms with Crippen molar-refractivity contribution < 1.29 is 19.1 Å². The Morgan fingerprint density at radius 3 is 2.48 bits per heavy atom. The number of carbonyl (C=O) groups excluding carboxylic acids is 2. The Morgan fingerprint density at radius 1 is 1.13 bits per heavy atom. The van der Waals surface area contributed by atoms with Gasteiger partial charge in [-0.1, -0.05) is 23.2 Å². The van der Waals surface area contributed by atoms with E-state index in [1.807, 2.05) is 11.8 Å². The van der Waals surface area contributed by atoms with Crippen LogP contribution in [0, 0.1) is 0 Å². The zero-order chi connectivity index (χ0) is 22.9. The van der Waals surface area contributed by atoms with E-state index in [1.54, 1.807) is 45.0 Å². The lowest BCUT2D eigenvalue weighted by atomic mass is 10.0. The third-order valence-electron chi connectivity index (χ3n) is 4.77. The number of nitrogens with zero attached hydrogens (tertiary/aromatic N) is 4. The van der Waals surface area contributed by atoms with E-state index < -0.39 is 17.7 Å². The van der Waals surface area contributed by atoms with Crippen LogP contribution in [-0.4, -0.2) is 48.1 Å². The predicted molar refractivity (Wildman–Crippen MR) is 119 cm³/mol. The summed E-state index contributed by atoms with van der Waals surface area (Å²) >= 11 is 12.6. The normalized spacial score (nSPS) is 14.7. The molecule has 31 heavy (non-hydrogen) atoms. The highest BCUT2D eigenvalue weighted by Gasteiger charge is 2.35. The molecule has 2 aromatic rings. The Morgan fingerprint density at radius 2 is 1.84 bits per heavy atom. The van der Waals surface area contributed by atoms with Crippen LogP contribution in [0.3, 0.4) is 0 Å². The number of amides is 1. The third kappa shape index (κ3) is 5.02. The molecule has 0 radical (unpaired) electrons. The Bertz CT molecular complexity index is 1010. The summed E-state index contributed by atoms with van der Waals surface area (Å²) in [5.74, 6) is -0.337. The number of anilines is 2. The van der Waals surface area contributed by atoms with E-state index in [1.165, 1.54) is 12.0 Å². The van der Waals surface area contributed by atoms with Crippen LogP contribution in [0.15, 0.2) is 24.3 Å². The van der Waals surface area contributed by atoms with Gasteiger partial charge in [0.15, 0.2) is 11.5 Å². The van der Waals surface area contributed by atoms with Gasteiger partial charge in [0, 0.05) is 29.2 Å². The van der Waals surface area contributed by atoms with Gasteiger partial charge < -0.3 is 14.4 Å². The van der Waals surface area contributed by atoms with Crippen molar-refractivity contribution in [1.29, 1.82) is 0 Å². The van der Waals surface area contributed by atoms with Crippen LogP contribution in [-0.2, 0) is 9.47 Å². The maximum atomic E-state index is 12.8. The minimum atomic E-state index is -0.671. The van der Waals surface area contributed by atoms with Crippen LogP contribution in [0.25, 0.3) is 0 Å². The Balaban J connectivity index is 2.06. The van der Waals surface area contributed by atoms with E-state index in [-0.39, 0.29) is 17.6 Å². The van der Waals surface area contributed by atoms with Gasteiger partial charge in [0.2, 0.25) is 0 Å². The first-order valence-corrected chi connectivity index (χ1v) is 10.5. The fraction of sp³-hybridized carbons (Fsp3) is 0.429. The second-order valence-corrected chi connectivity index (χ2v) is 8.94. The van der Waals surface area contributed by atoms with Gasteiger partial charge in [-0.15, -0.1) is 10.2 Å². The SMILES string of the molecule is COC(=O)c1cc2c(nn1)N(C(=O)OC(C)(C)C)CCN2C(C)c1cc(Cl)ccc1Cl. The first-order valence-electron chi connectivity index (χ1n) is 9.70. The number of aromatic nitrogens is 2. The molecule has 0 aliphatic carbocycles. The highest BCUT2D eigenvalue weighted by Crippen LogP contribution is 2.39. The average molecular weight is 467 g/mol. The van der Waals surface area contributed by atoms with Crippen molar-refractivity contribution in [3.8, 4) is 0 Å². The summed E-state index contributed by atoms with van der Waals surface area (Å²) in [6.07, 6.45) is -0.540. The van der Waals surface area contributed by atoms with Crippen LogP contribution in [0.2, 0.25) is 10.0 Å². The molecule has 1 unspecified atom stereocenters. The first kappa shape index (κ1) is 23.1. The molecule has 1 amide bonds. The Labute approximate surface area is 191 Å². The molecule has 10 heteroatoms. The summed E-state index contributed by atoms with van der Waals surface area (Å²) in [6, 6.07) is 6.58. The highest BCUT2D eigenvalue weighted by molar-refractivity contribution is 6.33. The smallest absolute Gasteiger partial charge is 0.416 e. The number of fused-ring (bicyclic) bond motifs is 1. The first-order chi connectivity index (χ1) is 14.5. The van der Waals surface area contributed by atoms with Crippen molar-refractivity contribution in [3.05, 3.63) is 45.6 Å². The fourth-order valence-electron chi connectivity index (χ4n) is 3.32. The molecule has 1 aromatic heterocycles. The Hall–Kier alpha value is -2.58. The molecule has 166 valence electrons. The molecular weight excluding hydrogens is 443 g/mol. The van der Waals surface area contributed by atoms with Crippen molar-refractivity contribution in [2.75, 3.05) is 30.0 Å². The number of rotatable bonds is 3. The lowest BCUT2D eigenvalue weighted by Crippen LogP contribution is -2.47. The van der Waals surface area contributed by atoms with Crippen molar-refractivity contribution in [1.82, 2.24) is 10.2 Å². The van der Waals surface area contributed by atoms with Crippen LogP contribution in [0.4, 0.5) is 16.3 Å². The molecule has 0 saturated carbocycles. The topological polar surface area (TPSA) is 84.9 Å². The Kier molecular flexibility index (Phi) is 6.62. The molecule has 3 rings (SSSR count). The number of halogens is 2. The highest BCUT2D eigenvalue weighted by atomic mass is 35.5. The molecule has 1 aromatic carbocycles. The minimum Gasteiger partial charge on any atom is -0.464 e. The van der Waals surface area contributed by atoms with E-state index in [9.17, 15) is 9.59 Å². The van der Waals surface area contributed by atoms with Crippen molar-refractivity contribution in [2.24, 2.45) is 0 Å². The summed E-state index contributed by atoms with van der Waals surface area (Å²) < 4.78 is 10.3. The average Bonchev–Trinajstić information content (AvgIpc) is 2.71. The monoisotopic (exact) mass is 466 g/mol. The van der Waals surface area contributed by atoms with E-state index in [2.05, 4.69) is 10.2 Å². The number of ether oxygens (including phenoxy) is 2. The maximum absolute atomic E-state index is 12.8. The summed E-state index contributed by atoms with van der Waals surface area (Å²) in [5.41, 5.74) is 0.704. The quantitative estimate of drug-likeness (QED) is 0.594. The zero-order valence-electron chi connectivity index (χ0n) is 18.0. The zero-order valence-corrected chi connectivity index (χ0v) is 19.5. The van der Waals surface area contributed by atoms with Crippen LogP contribution in [0.1, 0.15) is 49.8 Å². The molecule has 0 bridgehead atoms. The number of benzene rings is 1. The van der Waals surface area contributed by atoms with Gasteiger partial charge >= 0.3 is 12.1 Å². The molecule has 0 saturated heterocycles. The summed E-state index contributed by atoms with van der Waals surface area (Å²) in [4.78, 5) is 28.3. The number of hydrogen-bond acceptors (Lipinski definition) is 7. The lowest BCUT2D eigenvalue weighted by molar-refractivity contribution is 0.0576. The molecule has 0 fully saturated rings. The van der Waals surface area contributed by atoms with E-state index in [0.29, 0.717) is 28.8 Å². The van der Waals surface area contributed by atoms with Gasteiger partial charge in [0.1, 0.15) is 5.60 Å². The molecule has 1 aliphatic rings. The second kappa shape index (κ2) is 8.88. The molecule has 2 heterocycles. The van der Waals surface area contributed by atoms with Crippen LogP contribution >= 0.6 is 23.2 Å². The standard InChI is InChI=1S/C21H24Cl2N4O4/c1-12(14-10-13(22)6-7-15(14)23)26-8-9-27(20(29)31-21(2,3)4)18-17(26)11-16(24-25-18)19(28)30-5/h6-7,10-12H,8-9H2,1-5H3. The third-order valence-corrected chi connectivity index (χ3v) is 5.35. The fourth-order valence-corrected chi connectivity index (χ4v) is 3.77. The molecule has 1 atom stereocenters. The van der Waals surface area contributed by atoms with Crippen molar-refractivity contribution >= 4 is 46.8 Å². The summed E-state index contributed by atoms with van der Waals surface area (Å²) in [5, 5.41) is 9.22. The van der Waals surface area contributed by atoms with Gasteiger partial charge in [-0.05, 0) is 51.5 Å². The van der Waals surface area contributed by atoms with Crippen molar-refractivity contribution in [2.45, 2.75) is 39.3 Å². The van der Waals surface area contributed by atoms with Gasteiger partial charge in [0.05, 0.1) is 18.8 Å². The largest absolute Gasteiger partial charge is 0.464 e. The maximum Gasteiger partial charge on any atom is 0.416 e. The number of carbonyl (C=O) groups is 2. The molecule has 0 N–H and O–H groups in total. The minimum absolute atomic E-state index is 0.0293. The summed E-state index contributed by atoms with van der Waals surface area (Å²) in [6.45, 7) is 8.09. The van der Waals surface area contributed by atoms with E-state index in [4.69, 9.17) is 32.7 Å². The van der Waals surface area contributed by atoms with Gasteiger partial charge in [0.25, 0.3) is 0 Å². The van der Waals surface area contributed by atoms with E-state index >= 15 is 0 Å². The second-order valence-electron chi connectivity index (χ2n) is 8.10. The summed E-state index contributed by atoms with van der Waals surface area (Å²) in [7, 11) is 1.27. The van der Waals surface area contributed by atoms with E-state index in [0.717, 1.165) is 5.56 Å². The molecule has 8 nitrogen and oxygen atoms in total.